The molecule has 1 aromatic heterocycles. The smallest absolute Gasteiger partial charge is 0.292 e. The van der Waals surface area contributed by atoms with Gasteiger partial charge in [-0.25, -0.2) is 4.68 Å². The quantitative estimate of drug-likeness (QED) is 0.431. The Balaban J connectivity index is 1.64. The Morgan fingerprint density at radius 2 is 1.65 bits per heavy atom. The van der Waals surface area contributed by atoms with Crippen LogP contribution in [0.2, 0.25) is 0 Å². The van der Waals surface area contributed by atoms with Crippen LogP contribution in [0.15, 0.2) is 54.6 Å². The van der Waals surface area contributed by atoms with Crippen molar-refractivity contribution in [2.24, 2.45) is 0 Å². The zero-order chi connectivity index (χ0) is 22.4. The van der Waals surface area contributed by atoms with Gasteiger partial charge in [0.05, 0.1) is 22.6 Å². The molecule has 0 spiro atoms. The van der Waals surface area contributed by atoms with E-state index < -0.39 is 11.7 Å². The number of carbonyl (C=O) groups is 3. The molecule has 2 aromatic carbocycles. The number of Topliss-reactive ketones (excluding diaryl/α,β-unsaturated/α-hetero) is 1. The summed E-state index contributed by atoms with van der Waals surface area (Å²) in [4.78, 5) is 36.9. The number of para-hydroxylation sites is 1. The maximum atomic E-state index is 12.8. The lowest BCUT2D eigenvalue weighted by atomic mass is 10.1. The van der Waals surface area contributed by atoms with Crippen LogP contribution in [0.3, 0.4) is 0 Å². The fourth-order valence-corrected chi connectivity index (χ4v) is 3.32. The number of carbonyl (C=O) groups excluding carboxylic acids is 3. The Morgan fingerprint density at radius 3 is 2.29 bits per heavy atom. The highest BCUT2D eigenvalue weighted by Crippen LogP contribution is 2.18. The van der Waals surface area contributed by atoms with Crippen molar-refractivity contribution in [1.29, 1.82) is 0 Å². The number of amides is 2. The van der Waals surface area contributed by atoms with E-state index in [0.29, 0.717) is 29.1 Å². The predicted molar refractivity (Wildman–Crippen MR) is 119 cm³/mol. The third-order valence-corrected chi connectivity index (χ3v) is 4.89. The Morgan fingerprint density at radius 1 is 0.968 bits per heavy atom. The van der Waals surface area contributed by atoms with Crippen LogP contribution in [0.25, 0.3) is 5.69 Å². The molecule has 0 aliphatic heterocycles. The monoisotopic (exact) mass is 418 g/mol. The molecular formula is C24H26N4O3. The molecule has 3 rings (SSSR count). The first-order chi connectivity index (χ1) is 14.9. The van der Waals surface area contributed by atoms with E-state index in [1.165, 1.54) is 0 Å². The molecule has 0 aliphatic carbocycles. The average molecular weight is 418 g/mol. The van der Waals surface area contributed by atoms with Gasteiger partial charge < -0.3 is 10.6 Å². The lowest BCUT2D eigenvalue weighted by Gasteiger charge is -2.08. The van der Waals surface area contributed by atoms with Gasteiger partial charge >= 0.3 is 0 Å². The van der Waals surface area contributed by atoms with Crippen LogP contribution in [-0.2, 0) is 16.1 Å². The molecular weight excluding hydrogens is 392 g/mol. The largest absolute Gasteiger partial charge is 0.345 e. The molecule has 7 heteroatoms. The average Bonchev–Trinajstić information content (AvgIpc) is 3.07. The van der Waals surface area contributed by atoms with Gasteiger partial charge in [-0.2, -0.15) is 5.10 Å². The van der Waals surface area contributed by atoms with Crippen molar-refractivity contribution in [3.05, 3.63) is 77.1 Å². The molecule has 0 bridgehead atoms. The summed E-state index contributed by atoms with van der Waals surface area (Å²) in [5.41, 5.74) is 3.79. The molecule has 0 atom stereocenters. The maximum absolute atomic E-state index is 12.8. The molecule has 2 N–H and O–H groups in total. The summed E-state index contributed by atoms with van der Waals surface area (Å²) in [7, 11) is 0. The lowest BCUT2D eigenvalue weighted by molar-refractivity contribution is -0.117. The normalized spacial score (nSPS) is 10.5. The molecule has 2 amide bonds. The van der Waals surface area contributed by atoms with Gasteiger partial charge in [0.15, 0.2) is 0 Å². The van der Waals surface area contributed by atoms with E-state index in [-0.39, 0.29) is 12.5 Å². The molecule has 0 radical (unpaired) electrons. The van der Waals surface area contributed by atoms with Crippen LogP contribution < -0.4 is 10.6 Å². The first-order valence-electron chi connectivity index (χ1n) is 10.2. The number of aryl methyl sites for hydroxylation is 1. The summed E-state index contributed by atoms with van der Waals surface area (Å²) in [6, 6.07) is 16.6. The van der Waals surface area contributed by atoms with E-state index in [1.807, 2.05) is 37.3 Å². The molecule has 3 aromatic rings. The number of nitrogens with zero attached hydrogens (tertiary/aromatic N) is 2. The standard InChI is InChI=1S/C24H26N4O3/c1-4-8-21(29)26-19-13-11-18(12-14-19)15-25-24(31)23(30)22-16(2)27-28(17(22)3)20-9-6-5-7-10-20/h5-7,9-14H,4,8,15H2,1-3H3,(H,25,31)(H,26,29). The van der Waals surface area contributed by atoms with Gasteiger partial charge in [-0.05, 0) is 50.1 Å². The van der Waals surface area contributed by atoms with Gasteiger partial charge in [0.25, 0.3) is 11.7 Å². The van der Waals surface area contributed by atoms with Gasteiger partial charge in [0, 0.05) is 18.7 Å². The summed E-state index contributed by atoms with van der Waals surface area (Å²) < 4.78 is 1.67. The number of aromatic nitrogens is 2. The Labute approximate surface area is 181 Å². The van der Waals surface area contributed by atoms with E-state index in [0.717, 1.165) is 17.7 Å². The summed E-state index contributed by atoms with van der Waals surface area (Å²) in [5, 5.41) is 9.91. The minimum Gasteiger partial charge on any atom is -0.345 e. The fraction of sp³-hybridized carbons (Fsp3) is 0.250. The molecule has 0 aliphatic rings. The predicted octanol–water partition coefficient (Wildman–Crippen LogP) is 3.73. The number of nitrogens with one attached hydrogen (secondary N) is 2. The van der Waals surface area contributed by atoms with Gasteiger partial charge in [-0.1, -0.05) is 37.3 Å². The highest BCUT2D eigenvalue weighted by molar-refractivity contribution is 6.43. The summed E-state index contributed by atoms with van der Waals surface area (Å²) in [6.07, 6.45) is 1.26. The molecule has 160 valence electrons. The third kappa shape index (κ3) is 5.25. The van der Waals surface area contributed by atoms with E-state index >= 15 is 0 Å². The molecule has 0 saturated carbocycles. The van der Waals surface area contributed by atoms with E-state index in [1.54, 1.807) is 42.8 Å². The SMILES string of the molecule is CCCC(=O)Nc1ccc(CNC(=O)C(=O)c2c(C)nn(-c3ccccc3)c2C)cc1. The van der Waals surface area contributed by atoms with Crippen molar-refractivity contribution >= 4 is 23.3 Å². The fourth-order valence-electron chi connectivity index (χ4n) is 3.32. The highest BCUT2D eigenvalue weighted by Gasteiger charge is 2.24. The van der Waals surface area contributed by atoms with E-state index in [9.17, 15) is 14.4 Å². The van der Waals surface area contributed by atoms with Gasteiger partial charge in [0.2, 0.25) is 5.91 Å². The minimum absolute atomic E-state index is 0.0315. The number of hydrogen-bond acceptors (Lipinski definition) is 4. The maximum Gasteiger partial charge on any atom is 0.292 e. The van der Waals surface area contributed by atoms with Crippen molar-refractivity contribution in [2.75, 3.05) is 5.32 Å². The molecule has 31 heavy (non-hydrogen) atoms. The lowest BCUT2D eigenvalue weighted by Crippen LogP contribution is -2.31. The highest BCUT2D eigenvalue weighted by atomic mass is 16.2. The van der Waals surface area contributed by atoms with Crippen LogP contribution in [-0.4, -0.2) is 27.4 Å². The third-order valence-electron chi connectivity index (χ3n) is 4.89. The first kappa shape index (κ1) is 22.0. The summed E-state index contributed by atoms with van der Waals surface area (Å²) in [6.45, 7) is 5.65. The van der Waals surface area contributed by atoms with Gasteiger partial charge in [0.1, 0.15) is 0 Å². The summed E-state index contributed by atoms with van der Waals surface area (Å²) >= 11 is 0. The van der Waals surface area contributed by atoms with Crippen LogP contribution >= 0.6 is 0 Å². The van der Waals surface area contributed by atoms with Crippen LogP contribution in [0.1, 0.15) is 47.1 Å². The Bertz CT molecular complexity index is 1090. The van der Waals surface area contributed by atoms with E-state index in [4.69, 9.17) is 0 Å². The zero-order valence-electron chi connectivity index (χ0n) is 17.9. The molecule has 7 nitrogen and oxygen atoms in total. The van der Waals surface area contributed by atoms with Gasteiger partial charge in [-0.15, -0.1) is 0 Å². The Hall–Kier alpha value is -3.74. The van der Waals surface area contributed by atoms with Crippen molar-refractivity contribution in [1.82, 2.24) is 15.1 Å². The van der Waals surface area contributed by atoms with Crippen molar-refractivity contribution < 1.29 is 14.4 Å². The van der Waals surface area contributed by atoms with Crippen molar-refractivity contribution in [3.8, 4) is 5.69 Å². The number of ketones is 1. The number of anilines is 1. The van der Waals surface area contributed by atoms with Crippen LogP contribution in [0.5, 0.6) is 0 Å². The van der Waals surface area contributed by atoms with Crippen molar-refractivity contribution in [3.63, 3.8) is 0 Å². The van der Waals surface area contributed by atoms with Crippen LogP contribution in [0.4, 0.5) is 5.69 Å². The topological polar surface area (TPSA) is 93.1 Å². The first-order valence-corrected chi connectivity index (χ1v) is 10.2. The Kier molecular flexibility index (Phi) is 6.97. The number of rotatable bonds is 8. The second-order valence-corrected chi connectivity index (χ2v) is 7.30. The van der Waals surface area contributed by atoms with Gasteiger partial charge in [-0.3, -0.25) is 14.4 Å². The minimum atomic E-state index is -0.681. The number of hydrogen-bond donors (Lipinski definition) is 2. The molecule has 0 unspecified atom stereocenters. The summed E-state index contributed by atoms with van der Waals surface area (Å²) in [5.74, 6) is -1.32. The van der Waals surface area contributed by atoms with Crippen LogP contribution in [0, 0.1) is 13.8 Å². The molecule has 0 fully saturated rings. The second-order valence-electron chi connectivity index (χ2n) is 7.30. The molecule has 1 heterocycles. The second kappa shape index (κ2) is 9.84. The zero-order valence-corrected chi connectivity index (χ0v) is 17.9. The number of benzene rings is 2. The van der Waals surface area contributed by atoms with Crippen molar-refractivity contribution in [2.45, 2.75) is 40.2 Å². The van der Waals surface area contributed by atoms with E-state index in [2.05, 4.69) is 15.7 Å². The molecule has 0 saturated heterocycles.